The average molecular weight is 374 g/mol. The summed E-state index contributed by atoms with van der Waals surface area (Å²) in [5, 5.41) is 23.0. The molecule has 26 heavy (non-hydrogen) atoms. The molecule has 0 aliphatic carbocycles. The van der Waals surface area contributed by atoms with Crippen LogP contribution in [0, 0.1) is 5.92 Å². The van der Waals surface area contributed by atoms with Crippen molar-refractivity contribution in [3.63, 3.8) is 0 Å². The molecule has 0 saturated heterocycles. The summed E-state index contributed by atoms with van der Waals surface area (Å²) < 4.78 is 0. The number of rotatable bonds is 12. The lowest BCUT2D eigenvalue weighted by Gasteiger charge is -2.23. The van der Waals surface area contributed by atoms with E-state index in [9.17, 15) is 19.5 Å². The van der Waals surface area contributed by atoms with Gasteiger partial charge in [0, 0.05) is 6.54 Å². The molecule has 0 spiro atoms. The Morgan fingerprint density at radius 1 is 1.08 bits per heavy atom. The molecule has 11 heteroatoms. The number of carbonyl (C=O) groups excluding carboxylic acids is 2. The van der Waals surface area contributed by atoms with E-state index >= 15 is 0 Å². The van der Waals surface area contributed by atoms with Crippen LogP contribution in [0.3, 0.4) is 0 Å². The predicted octanol–water partition coefficient (Wildman–Crippen LogP) is -2.54. The van der Waals surface area contributed by atoms with Crippen molar-refractivity contribution in [2.45, 2.75) is 51.2 Å². The largest absolute Gasteiger partial charge is 0.480 e. The van der Waals surface area contributed by atoms with Crippen LogP contribution in [-0.4, -0.2) is 65.2 Å². The Morgan fingerprint density at radius 3 is 2.12 bits per heavy atom. The fraction of sp³-hybridized carbons (Fsp3) is 0.733. The number of nitrogens with zero attached hydrogens (tertiary/aromatic N) is 1. The van der Waals surface area contributed by atoms with Gasteiger partial charge in [-0.1, -0.05) is 13.8 Å². The average Bonchev–Trinajstić information content (AvgIpc) is 2.54. The molecular formula is C15H30N6O5. The lowest BCUT2D eigenvalue weighted by molar-refractivity contribution is -0.142. The normalized spacial score (nSPS) is 14.2. The number of carboxylic acid groups (broad SMARTS) is 1. The topological polar surface area (TPSA) is 206 Å². The number of amides is 2. The van der Waals surface area contributed by atoms with Gasteiger partial charge in [-0.2, -0.15) is 0 Å². The first-order valence-electron chi connectivity index (χ1n) is 8.33. The Labute approximate surface area is 152 Å². The highest BCUT2D eigenvalue weighted by Crippen LogP contribution is 2.07. The van der Waals surface area contributed by atoms with E-state index in [0.29, 0.717) is 6.42 Å². The molecule has 0 bridgehead atoms. The van der Waals surface area contributed by atoms with Gasteiger partial charge in [-0.25, -0.2) is 4.79 Å². The summed E-state index contributed by atoms with van der Waals surface area (Å²) in [5.74, 6) is -2.56. The maximum Gasteiger partial charge on any atom is 0.326 e. The highest BCUT2D eigenvalue weighted by molar-refractivity contribution is 5.91. The van der Waals surface area contributed by atoms with E-state index in [1.165, 1.54) is 0 Å². The predicted molar refractivity (Wildman–Crippen MR) is 95.9 cm³/mol. The summed E-state index contributed by atoms with van der Waals surface area (Å²) in [7, 11) is 0. The zero-order valence-electron chi connectivity index (χ0n) is 15.1. The fourth-order valence-electron chi connectivity index (χ4n) is 2.10. The molecule has 0 aliphatic rings. The number of hydrogen-bond donors (Lipinski definition) is 7. The van der Waals surface area contributed by atoms with Crippen molar-refractivity contribution >= 4 is 23.7 Å². The van der Waals surface area contributed by atoms with Crippen LogP contribution in [-0.2, 0) is 14.4 Å². The number of nitrogens with one attached hydrogen (secondary N) is 2. The van der Waals surface area contributed by atoms with Crippen molar-refractivity contribution in [3.05, 3.63) is 0 Å². The molecule has 2 amide bonds. The number of nitrogens with two attached hydrogens (primary N) is 3. The number of carboxylic acids is 1. The lowest BCUT2D eigenvalue weighted by Crippen LogP contribution is -2.55. The third kappa shape index (κ3) is 9.79. The molecule has 0 saturated carbocycles. The number of carbonyl (C=O) groups is 3. The Hall–Kier alpha value is -2.40. The molecule has 0 aromatic heterocycles. The van der Waals surface area contributed by atoms with Gasteiger partial charge in [0.15, 0.2) is 5.96 Å². The van der Waals surface area contributed by atoms with Gasteiger partial charge in [-0.05, 0) is 25.2 Å². The highest BCUT2D eigenvalue weighted by atomic mass is 16.4. The number of hydrogen-bond acceptors (Lipinski definition) is 6. The zero-order valence-corrected chi connectivity index (χ0v) is 15.1. The molecule has 0 aromatic rings. The highest BCUT2D eigenvalue weighted by Gasteiger charge is 2.28. The van der Waals surface area contributed by atoms with Crippen LogP contribution >= 0.6 is 0 Å². The van der Waals surface area contributed by atoms with Crippen molar-refractivity contribution in [3.8, 4) is 0 Å². The number of aliphatic imine (C=N–C) groups is 1. The van der Waals surface area contributed by atoms with E-state index in [-0.39, 0.29) is 31.3 Å². The van der Waals surface area contributed by atoms with Crippen LogP contribution in [0.1, 0.15) is 33.1 Å². The van der Waals surface area contributed by atoms with Crippen LogP contribution in [0.15, 0.2) is 4.99 Å². The molecule has 0 rings (SSSR count). The smallest absolute Gasteiger partial charge is 0.326 e. The van der Waals surface area contributed by atoms with Gasteiger partial charge in [-0.3, -0.25) is 14.6 Å². The number of aliphatic carboxylic acids is 1. The van der Waals surface area contributed by atoms with Gasteiger partial charge in [0.1, 0.15) is 18.1 Å². The van der Waals surface area contributed by atoms with Gasteiger partial charge < -0.3 is 38.0 Å². The molecule has 0 fully saturated rings. The zero-order chi connectivity index (χ0) is 20.3. The monoisotopic (exact) mass is 374 g/mol. The second-order valence-corrected chi connectivity index (χ2v) is 6.33. The SMILES string of the molecule is CC(C)CC(NC(=O)C(N)CO)C(=O)NC(CCCN=C(N)N)C(=O)O. The Morgan fingerprint density at radius 2 is 1.65 bits per heavy atom. The Bertz CT molecular complexity index is 507. The maximum atomic E-state index is 12.4. The number of guanidine groups is 1. The third-order valence-corrected chi connectivity index (χ3v) is 3.43. The van der Waals surface area contributed by atoms with E-state index in [1.807, 2.05) is 13.8 Å². The first kappa shape index (κ1) is 23.6. The molecule has 3 unspecified atom stereocenters. The van der Waals surface area contributed by atoms with Gasteiger partial charge in [-0.15, -0.1) is 0 Å². The first-order valence-corrected chi connectivity index (χ1v) is 8.33. The van der Waals surface area contributed by atoms with E-state index in [1.54, 1.807) is 0 Å². The fourth-order valence-corrected chi connectivity index (χ4v) is 2.10. The van der Waals surface area contributed by atoms with Gasteiger partial charge in [0.05, 0.1) is 6.61 Å². The van der Waals surface area contributed by atoms with Crippen molar-refractivity contribution in [1.82, 2.24) is 10.6 Å². The van der Waals surface area contributed by atoms with Gasteiger partial charge in [0.2, 0.25) is 11.8 Å². The van der Waals surface area contributed by atoms with Crippen LogP contribution in [0.5, 0.6) is 0 Å². The minimum Gasteiger partial charge on any atom is -0.480 e. The van der Waals surface area contributed by atoms with E-state index in [4.69, 9.17) is 22.3 Å². The number of aliphatic hydroxyl groups excluding tert-OH is 1. The summed E-state index contributed by atoms with van der Waals surface area (Å²) >= 11 is 0. The second kappa shape index (κ2) is 12.0. The maximum absolute atomic E-state index is 12.4. The van der Waals surface area contributed by atoms with Crippen LogP contribution in [0.25, 0.3) is 0 Å². The quantitative estimate of drug-likeness (QED) is 0.110. The lowest BCUT2D eigenvalue weighted by atomic mass is 10.0. The summed E-state index contributed by atoms with van der Waals surface area (Å²) in [4.78, 5) is 39.3. The summed E-state index contributed by atoms with van der Waals surface area (Å²) in [6.45, 7) is 3.37. The molecule has 150 valence electrons. The Balaban J connectivity index is 4.90. The number of aliphatic hydroxyl groups is 1. The molecule has 0 aromatic carbocycles. The van der Waals surface area contributed by atoms with Gasteiger partial charge in [0.25, 0.3) is 0 Å². The molecule has 0 aliphatic heterocycles. The standard InChI is InChI=1S/C15H30N6O5/c1-8(2)6-11(21-12(23)9(16)7-22)13(24)20-10(14(25)26)4-3-5-19-15(17)18/h8-11,22H,3-7,16H2,1-2H3,(H,20,24)(H,21,23)(H,25,26)(H4,17,18,19). The van der Waals surface area contributed by atoms with Gasteiger partial charge >= 0.3 is 5.97 Å². The Kier molecular flexibility index (Phi) is 10.9. The minimum absolute atomic E-state index is 0.0570. The minimum atomic E-state index is -1.20. The molecule has 11 nitrogen and oxygen atoms in total. The molecule has 0 radical (unpaired) electrons. The third-order valence-electron chi connectivity index (χ3n) is 3.43. The summed E-state index contributed by atoms with van der Waals surface area (Å²) in [6.07, 6.45) is 0.762. The van der Waals surface area contributed by atoms with Crippen molar-refractivity contribution in [1.29, 1.82) is 0 Å². The van der Waals surface area contributed by atoms with Crippen molar-refractivity contribution in [2.24, 2.45) is 28.1 Å². The van der Waals surface area contributed by atoms with Crippen LogP contribution in [0.2, 0.25) is 0 Å². The van der Waals surface area contributed by atoms with Crippen molar-refractivity contribution < 1.29 is 24.6 Å². The van der Waals surface area contributed by atoms with E-state index in [0.717, 1.165) is 0 Å². The molecule has 3 atom stereocenters. The molecule has 0 heterocycles. The van der Waals surface area contributed by atoms with Crippen LogP contribution < -0.4 is 27.8 Å². The first-order chi connectivity index (χ1) is 12.1. The second-order valence-electron chi connectivity index (χ2n) is 6.33. The van der Waals surface area contributed by atoms with E-state index < -0.39 is 42.5 Å². The molecular weight excluding hydrogens is 344 g/mol. The van der Waals surface area contributed by atoms with Crippen molar-refractivity contribution in [2.75, 3.05) is 13.2 Å². The van der Waals surface area contributed by atoms with E-state index in [2.05, 4.69) is 15.6 Å². The molecule has 10 N–H and O–H groups in total. The summed E-state index contributed by atoms with van der Waals surface area (Å²) in [6, 6.07) is -3.26. The van der Waals surface area contributed by atoms with Crippen LogP contribution in [0.4, 0.5) is 0 Å². The summed E-state index contributed by atoms with van der Waals surface area (Å²) in [5.41, 5.74) is 15.8.